The number of aliphatic hydroxyl groups excluding tert-OH is 3. The van der Waals surface area contributed by atoms with E-state index in [0.717, 1.165) is 5.56 Å². The van der Waals surface area contributed by atoms with Gasteiger partial charge >= 0.3 is 0 Å². The van der Waals surface area contributed by atoms with Gasteiger partial charge < -0.3 is 25.0 Å². The van der Waals surface area contributed by atoms with Crippen molar-refractivity contribution in [2.24, 2.45) is 0 Å². The first-order valence-corrected chi connectivity index (χ1v) is 9.10. The second kappa shape index (κ2) is 7.44. The van der Waals surface area contributed by atoms with Crippen molar-refractivity contribution in [3.63, 3.8) is 0 Å². The van der Waals surface area contributed by atoms with E-state index in [0.29, 0.717) is 17.0 Å². The van der Waals surface area contributed by atoms with E-state index in [1.54, 1.807) is 4.57 Å². The normalized spacial score (nSPS) is 25.9. The molecule has 5 atom stereocenters. The van der Waals surface area contributed by atoms with Gasteiger partial charge in [0.2, 0.25) is 0 Å². The van der Waals surface area contributed by atoms with Crippen LogP contribution in [0.3, 0.4) is 0 Å². The third-order valence-electron chi connectivity index (χ3n) is 5.33. The second-order valence-corrected chi connectivity index (χ2v) is 6.95. The second-order valence-electron chi connectivity index (χ2n) is 6.95. The number of anilines is 1. The quantitative estimate of drug-likeness (QED) is 0.586. The number of hydrogen-bond donors (Lipinski definition) is 3. The zero-order valence-electron chi connectivity index (χ0n) is 15.6. The van der Waals surface area contributed by atoms with E-state index in [2.05, 4.69) is 34.0 Å². The highest BCUT2D eigenvalue weighted by molar-refractivity contribution is 5.83. The highest BCUT2D eigenvalue weighted by Crippen LogP contribution is 2.33. The van der Waals surface area contributed by atoms with Gasteiger partial charge in [0.25, 0.3) is 0 Å². The summed E-state index contributed by atoms with van der Waals surface area (Å²) in [5, 5.41) is 29.7. The zero-order chi connectivity index (χ0) is 19.8. The summed E-state index contributed by atoms with van der Waals surface area (Å²) < 4.78 is 7.16. The Morgan fingerprint density at radius 1 is 1.14 bits per heavy atom. The van der Waals surface area contributed by atoms with E-state index in [9.17, 15) is 15.3 Å². The predicted octanol–water partition coefficient (Wildman–Crippen LogP) is 0.635. The molecule has 4 rings (SSSR count). The molecule has 0 bridgehead atoms. The van der Waals surface area contributed by atoms with Crippen LogP contribution in [0, 0.1) is 0 Å². The van der Waals surface area contributed by atoms with Crippen molar-refractivity contribution in [3.05, 3.63) is 48.5 Å². The Hall–Kier alpha value is -2.59. The van der Waals surface area contributed by atoms with Gasteiger partial charge in [0.15, 0.2) is 23.2 Å². The van der Waals surface area contributed by atoms with E-state index < -0.39 is 24.5 Å². The summed E-state index contributed by atoms with van der Waals surface area (Å²) in [5.41, 5.74) is 2.18. The fraction of sp³-hybridized carbons (Fsp3) is 0.421. The molecule has 3 N–H and O–H groups in total. The minimum Gasteiger partial charge on any atom is -0.394 e. The molecule has 0 spiro atoms. The van der Waals surface area contributed by atoms with Crippen molar-refractivity contribution in [2.75, 3.05) is 18.6 Å². The molecule has 9 heteroatoms. The van der Waals surface area contributed by atoms with Crippen molar-refractivity contribution >= 4 is 17.0 Å². The third-order valence-corrected chi connectivity index (χ3v) is 5.33. The molecule has 3 aromatic rings. The zero-order valence-corrected chi connectivity index (χ0v) is 15.6. The van der Waals surface area contributed by atoms with Crippen LogP contribution in [0.5, 0.6) is 0 Å². The minimum atomic E-state index is -1.20. The Balaban J connectivity index is 1.69. The average Bonchev–Trinajstić information content (AvgIpc) is 3.28. The molecule has 1 fully saturated rings. The van der Waals surface area contributed by atoms with Crippen LogP contribution in [0.25, 0.3) is 11.2 Å². The first-order chi connectivity index (χ1) is 13.5. The van der Waals surface area contributed by atoms with Gasteiger partial charge in [-0.3, -0.25) is 4.57 Å². The molecule has 1 saturated heterocycles. The van der Waals surface area contributed by atoms with Crippen molar-refractivity contribution in [3.8, 4) is 0 Å². The maximum absolute atomic E-state index is 10.3. The predicted molar refractivity (Wildman–Crippen MR) is 102 cm³/mol. The highest BCUT2D eigenvalue weighted by Gasteiger charge is 2.44. The van der Waals surface area contributed by atoms with Crippen molar-refractivity contribution < 1.29 is 20.1 Å². The maximum atomic E-state index is 10.3. The molecule has 0 unspecified atom stereocenters. The molecule has 3 heterocycles. The summed E-state index contributed by atoms with van der Waals surface area (Å²) in [7, 11) is 1.94. The summed E-state index contributed by atoms with van der Waals surface area (Å²) in [6.45, 7) is 1.69. The minimum absolute atomic E-state index is 0.0540. The fourth-order valence-corrected chi connectivity index (χ4v) is 3.53. The third kappa shape index (κ3) is 3.02. The summed E-state index contributed by atoms with van der Waals surface area (Å²) in [6, 6.07) is 10.1. The van der Waals surface area contributed by atoms with Crippen LogP contribution >= 0.6 is 0 Å². The van der Waals surface area contributed by atoms with Gasteiger partial charge in [-0.05, 0) is 12.5 Å². The molecule has 148 valence electrons. The molecule has 0 aliphatic carbocycles. The van der Waals surface area contributed by atoms with Crippen LogP contribution in [0.2, 0.25) is 0 Å². The average molecular weight is 385 g/mol. The number of nitrogens with zero attached hydrogens (tertiary/aromatic N) is 5. The van der Waals surface area contributed by atoms with E-state index in [-0.39, 0.29) is 12.6 Å². The Morgan fingerprint density at radius 3 is 2.57 bits per heavy atom. The van der Waals surface area contributed by atoms with Crippen LogP contribution in [0.1, 0.15) is 24.8 Å². The van der Waals surface area contributed by atoms with E-state index in [4.69, 9.17) is 4.74 Å². The van der Waals surface area contributed by atoms with Crippen LogP contribution in [0.15, 0.2) is 43.0 Å². The van der Waals surface area contributed by atoms with Crippen LogP contribution in [-0.4, -0.2) is 66.8 Å². The monoisotopic (exact) mass is 385 g/mol. The number of benzene rings is 1. The Kier molecular flexibility index (Phi) is 4.98. The molecule has 0 radical (unpaired) electrons. The Morgan fingerprint density at radius 2 is 1.89 bits per heavy atom. The number of fused-ring (bicyclic) bond motifs is 1. The van der Waals surface area contributed by atoms with Crippen LogP contribution in [-0.2, 0) is 4.74 Å². The Labute approximate surface area is 161 Å². The summed E-state index contributed by atoms with van der Waals surface area (Å²) in [6.07, 6.45) is -1.20. The van der Waals surface area contributed by atoms with Gasteiger partial charge in [0.1, 0.15) is 24.6 Å². The highest BCUT2D eigenvalue weighted by atomic mass is 16.6. The number of imidazole rings is 1. The van der Waals surface area contributed by atoms with Gasteiger partial charge in [-0.25, -0.2) is 15.0 Å². The molecule has 0 amide bonds. The van der Waals surface area contributed by atoms with Crippen molar-refractivity contribution in [2.45, 2.75) is 37.5 Å². The Bertz CT molecular complexity index is 950. The molecule has 28 heavy (non-hydrogen) atoms. The van der Waals surface area contributed by atoms with Gasteiger partial charge in [-0.15, -0.1) is 0 Å². The lowest BCUT2D eigenvalue weighted by Gasteiger charge is -2.26. The maximum Gasteiger partial charge on any atom is 0.167 e. The van der Waals surface area contributed by atoms with E-state index in [1.165, 1.54) is 12.7 Å². The lowest BCUT2D eigenvalue weighted by Crippen LogP contribution is -2.33. The standard InChI is InChI=1S/C19H23N5O4/c1-11(12-6-4-3-5-7-12)23(2)17-14-18(21-9-20-17)24(10-22-14)19-16(27)15(26)13(8-25)28-19/h3-7,9-11,13,15-16,19,25-27H,8H2,1-2H3/t11-,13+,15+,16+,19+/m0/s1. The van der Waals surface area contributed by atoms with Gasteiger partial charge in [0.05, 0.1) is 19.0 Å². The smallest absolute Gasteiger partial charge is 0.167 e. The molecule has 1 aromatic carbocycles. The van der Waals surface area contributed by atoms with E-state index >= 15 is 0 Å². The SMILES string of the molecule is C[C@@H](c1ccccc1)N(C)c1ncnc2c1ncn2[C@@H]1O[C@H](CO)[C@@H](O)[C@H]1O. The molecule has 9 nitrogen and oxygen atoms in total. The summed E-state index contributed by atoms with van der Waals surface area (Å²) in [5.74, 6) is 0.645. The van der Waals surface area contributed by atoms with Crippen molar-refractivity contribution in [1.82, 2.24) is 19.5 Å². The largest absolute Gasteiger partial charge is 0.394 e. The van der Waals surface area contributed by atoms with Gasteiger partial charge in [-0.2, -0.15) is 0 Å². The first-order valence-electron chi connectivity index (χ1n) is 9.10. The van der Waals surface area contributed by atoms with Gasteiger partial charge in [-0.1, -0.05) is 30.3 Å². The number of aliphatic hydroxyl groups is 3. The summed E-state index contributed by atoms with van der Waals surface area (Å²) in [4.78, 5) is 15.1. The number of ether oxygens (including phenoxy) is 1. The first kappa shape index (κ1) is 18.8. The lowest BCUT2D eigenvalue weighted by molar-refractivity contribution is -0.0511. The molecular formula is C19H23N5O4. The fourth-order valence-electron chi connectivity index (χ4n) is 3.53. The molecule has 1 aliphatic heterocycles. The van der Waals surface area contributed by atoms with E-state index in [1.807, 2.05) is 30.1 Å². The number of rotatable bonds is 5. The summed E-state index contributed by atoms with van der Waals surface area (Å²) >= 11 is 0. The molecular weight excluding hydrogens is 362 g/mol. The van der Waals surface area contributed by atoms with Crippen LogP contribution in [0.4, 0.5) is 5.82 Å². The van der Waals surface area contributed by atoms with Crippen molar-refractivity contribution in [1.29, 1.82) is 0 Å². The van der Waals surface area contributed by atoms with Gasteiger partial charge in [0, 0.05) is 7.05 Å². The number of aromatic nitrogens is 4. The molecule has 0 saturated carbocycles. The topological polar surface area (TPSA) is 117 Å². The lowest BCUT2D eigenvalue weighted by atomic mass is 10.1. The number of hydrogen-bond acceptors (Lipinski definition) is 8. The molecule has 2 aromatic heterocycles. The molecule has 1 aliphatic rings. The van der Waals surface area contributed by atoms with Crippen LogP contribution < -0.4 is 4.90 Å².